The van der Waals surface area contributed by atoms with E-state index in [0.29, 0.717) is 18.8 Å². The van der Waals surface area contributed by atoms with Crippen LogP contribution in [0.5, 0.6) is 0 Å². The molecule has 1 aliphatic rings. The fraction of sp³-hybridized carbons (Fsp3) is 0.571. The molecular weight excluding hydrogens is 308 g/mol. The van der Waals surface area contributed by atoms with Crippen LogP contribution in [0.25, 0.3) is 0 Å². The summed E-state index contributed by atoms with van der Waals surface area (Å²) < 4.78 is 34.2. The topological polar surface area (TPSA) is 77.0 Å². The highest BCUT2D eigenvalue weighted by Gasteiger charge is 2.49. The fourth-order valence-electron chi connectivity index (χ4n) is 2.63. The van der Waals surface area contributed by atoms with Crippen molar-refractivity contribution in [3.05, 3.63) is 30.2 Å². The first-order valence-electron chi connectivity index (χ1n) is 7.46. The highest BCUT2D eigenvalue weighted by molar-refractivity contribution is 5.77. The number of amides is 1. The zero-order valence-corrected chi connectivity index (χ0v) is 12.7. The van der Waals surface area contributed by atoms with E-state index >= 15 is 0 Å². The number of aromatic nitrogens is 4. The van der Waals surface area contributed by atoms with Crippen molar-refractivity contribution in [3.8, 4) is 0 Å². The smallest absolute Gasteiger partial charge is 0.267 e. The van der Waals surface area contributed by atoms with Gasteiger partial charge in [0.15, 0.2) is 5.82 Å². The Balaban J connectivity index is 1.73. The van der Waals surface area contributed by atoms with Crippen LogP contribution in [0.3, 0.4) is 0 Å². The minimum Gasteiger partial charge on any atom is -0.337 e. The van der Waals surface area contributed by atoms with Crippen LogP contribution in [-0.2, 0) is 17.8 Å². The number of hydrogen-bond donors (Lipinski definition) is 0. The minimum absolute atomic E-state index is 0.0754. The van der Waals surface area contributed by atoms with Crippen LogP contribution in [-0.4, -0.2) is 43.2 Å². The zero-order chi connectivity index (χ0) is 16.4. The Morgan fingerprint density at radius 1 is 1.52 bits per heavy atom. The molecule has 0 N–H and O–H groups in total. The molecule has 0 bridgehead atoms. The van der Waals surface area contributed by atoms with Gasteiger partial charge >= 0.3 is 0 Å². The molecule has 0 spiro atoms. The molecule has 23 heavy (non-hydrogen) atoms. The van der Waals surface area contributed by atoms with Crippen LogP contribution in [0.4, 0.5) is 8.78 Å². The molecule has 3 rings (SSSR count). The summed E-state index contributed by atoms with van der Waals surface area (Å²) in [6.07, 6.45) is 3.45. The molecule has 0 unspecified atom stereocenters. The van der Waals surface area contributed by atoms with Gasteiger partial charge in [0.2, 0.25) is 11.8 Å². The molecule has 7 nitrogen and oxygen atoms in total. The van der Waals surface area contributed by atoms with E-state index in [1.54, 1.807) is 23.1 Å². The molecule has 1 fully saturated rings. The second-order valence-electron chi connectivity index (χ2n) is 5.52. The Labute approximate surface area is 131 Å². The van der Waals surface area contributed by atoms with Crippen molar-refractivity contribution in [1.82, 2.24) is 24.8 Å². The maximum absolute atomic E-state index is 13.8. The van der Waals surface area contributed by atoms with Crippen molar-refractivity contribution in [2.75, 3.05) is 6.54 Å². The first kappa shape index (κ1) is 15.6. The van der Waals surface area contributed by atoms with Gasteiger partial charge in [0, 0.05) is 38.2 Å². The summed E-state index contributed by atoms with van der Waals surface area (Å²) in [5.74, 6) is -2.81. The number of halogens is 2. The maximum Gasteiger partial charge on any atom is 0.267 e. The van der Waals surface area contributed by atoms with E-state index in [2.05, 4.69) is 15.2 Å². The fourth-order valence-corrected chi connectivity index (χ4v) is 2.63. The summed E-state index contributed by atoms with van der Waals surface area (Å²) in [5, 5.41) is 7.72. The molecule has 1 saturated heterocycles. The number of carbonyl (C=O) groups excluding carboxylic acids is 1. The predicted molar refractivity (Wildman–Crippen MR) is 74.5 cm³/mol. The second-order valence-corrected chi connectivity index (χ2v) is 5.52. The quantitative estimate of drug-likeness (QED) is 0.838. The molecular formula is C14H17F2N5O2. The summed E-state index contributed by atoms with van der Waals surface area (Å²) in [6.45, 7) is 1.55. The lowest BCUT2D eigenvalue weighted by atomic mass is 10.2. The lowest BCUT2D eigenvalue weighted by Gasteiger charge is -2.21. The highest BCUT2D eigenvalue weighted by atomic mass is 19.3. The summed E-state index contributed by atoms with van der Waals surface area (Å²) >= 11 is 0. The van der Waals surface area contributed by atoms with E-state index in [9.17, 15) is 13.6 Å². The number of carbonyl (C=O) groups is 1. The van der Waals surface area contributed by atoms with E-state index in [4.69, 9.17) is 4.52 Å². The highest BCUT2D eigenvalue weighted by Crippen LogP contribution is 2.40. The van der Waals surface area contributed by atoms with Gasteiger partial charge in [0.1, 0.15) is 6.04 Å². The van der Waals surface area contributed by atoms with Gasteiger partial charge in [-0.05, 0) is 6.07 Å². The lowest BCUT2D eigenvalue weighted by Crippen LogP contribution is -2.33. The van der Waals surface area contributed by atoms with E-state index in [1.165, 1.54) is 0 Å². The maximum atomic E-state index is 13.8. The minimum atomic E-state index is -2.95. The zero-order valence-electron chi connectivity index (χ0n) is 12.7. The number of aryl methyl sites for hydroxylation is 2. The summed E-state index contributed by atoms with van der Waals surface area (Å²) in [4.78, 5) is 17.6. The van der Waals surface area contributed by atoms with Crippen LogP contribution >= 0.6 is 0 Å². The van der Waals surface area contributed by atoms with Gasteiger partial charge in [0.25, 0.3) is 5.92 Å². The van der Waals surface area contributed by atoms with Crippen molar-refractivity contribution in [3.63, 3.8) is 0 Å². The van der Waals surface area contributed by atoms with Gasteiger partial charge in [-0.3, -0.25) is 9.48 Å². The predicted octanol–water partition coefficient (Wildman–Crippen LogP) is 1.83. The van der Waals surface area contributed by atoms with Crippen LogP contribution in [0.1, 0.15) is 37.5 Å². The van der Waals surface area contributed by atoms with Crippen molar-refractivity contribution < 1.29 is 18.1 Å². The van der Waals surface area contributed by atoms with Crippen molar-refractivity contribution in [2.24, 2.45) is 0 Å². The Hall–Kier alpha value is -2.32. The van der Waals surface area contributed by atoms with E-state index in [-0.39, 0.29) is 18.2 Å². The normalized spacial score (nSPS) is 20.1. The summed E-state index contributed by atoms with van der Waals surface area (Å²) in [6, 6.07) is 0.866. The number of alkyl halides is 2. The molecule has 124 valence electrons. The monoisotopic (exact) mass is 325 g/mol. The number of rotatable bonds is 5. The molecule has 9 heteroatoms. The Kier molecular flexibility index (Phi) is 4.10. The average molecular weight is 325 g/mol. The third-order valence-electron chi connectivity index (χ3n) is 3.79. The van der Waals surface area contributed by atoms with Crippen LogP contribution in [0.2, 0.25) is 0 Å². The van der Waals surface area contributed by atoms with Crippen LogP contribution in [0, 0.1) is 0 Å². The number of likely N-dealkylation sites (tertiary alicyclic amines) is 1. The van der Waals surface area contributed by atoms with E-state index < -0.39 is 24.9 Å². The van der Waals surface area contributed by atoms with E-state index in [1.807, 2.05) is 6.92 Å². The van der Waals surface area contributed by atoms with Crippen molar-refractivity contribution >= 4 is 5.91 Å². The van der Waals surface area contributed by atoms with Gasteiger partial charge in [-0.25, -0.2) is 8.78 Å². The first-order valence-corrected chi connectivity index (χ1v) is 7.46. The molecule has 1 amide bonds. The molecule has 0 aromatic carbocycles. The lowest BCUT2D eigenvalue weighted by molar-refractivity contribution is -0.134. The second kappa shape index (κ2) is 6.05. The van der Waals surface area contributed by atoms with Gasteiger partial charge in [-0.15, -0.1) is 0 Å². The molecule has 1 atom stereocenters. The SMILES string of the molecule is CCc1noc([C@@H]2CC(F)(F)CN2C(=O)CCn2cccn2)n1. The third kappa shape index (κ3) is 3.38. The molecule has 0 saturated carbocycles. The van der Waals surface area contributed by atoms with Gasteiger partial charge in [-0.1, -0.05) is 12.1 Å². The summed E-state index contributed by atoms with van der Waals surface area (Å²) in [5.41, 5.74) is 0. The van der Waals surface area contributed by atoms with Crippen LogP contribution < -0.4 is 0 Å². The Morgan fingerprint density at radius 3 is 3.00 bits per heavy atom. The van der Waals surface area contributed by atoms with Gasteiger partial charge < -0.3 is 9.42 Å². The summed E-state index contributed by atoms with van der Waals surface area (Å²) in [7, 11) is 0. The molecule has 1 aliphatic heterocycles. The molecule has 0 aliphatic carbocycles. The molecule has 0 radical (unpaired) electrons. The standard InChI is InChI=1S/C14H17F2N5O2/c1-2-11-18-13(23-19-11)10-8-14(15,16)9-21(10)12(22)4-7-20-6-3-5-17-20/h3,5-6,10H,2,4,7-9H2,1H3/t10-/m0/s1. The van der Waals surface area contributed by atoms with Crippen molar-refractivity contribution in [2.45, 2.75) is 44.7 Å². The number of nitrogens with zero attached hydrogens (tertiary/aromatic N) is 5. The molecule has 3 heterocycles. The first-order chi connectivity index (χ1) is 11.0. The van der Waals surface area contributed by atoms with Crippen LogP contribution in [0.15, 0.2) is 23.0 Å². The van der Waals surface area contributed by atoms with Gasteiger partial charge in [0.05, 0.1) is 6.54 Å². The average Bonchev–Trinajstić information content (AvgIpc) is 3.23. The number of hydrogen-bond acceptors (Lipinski definition) is 5. The van der Waals surface area contributed by atoms with Crippen molar-refractivity contribution in [1.29, 1.82) is 0 Å². The Morgan fingerprint density at radius 2 is 2.35 bits per heavy atom. The third-order valence-corrected chi connectivity index (χ3v) is 3.79. The van der Waals surface area contributed by atoms with Gasteiger partial charge in [-0.2, -0.15) is 10.1 Å². The molecule has 2 aromatic rings. The largest absolute Gasteiger partial charge is 0.337 e. The molecule has 2 aromatic heterocycles. The Bertz CT molecular complexity index is 671. The van der Waals surface area contributed by atoms with E-state index in [0.717, 1.165) is 4.90 Å².